The SMILES string of the molecule is CCC(CC)(CBr)CSCc1ccccc1C. The lowest BCUT2D eigenvalue weighted by atomic mass is 9.87. The standard InChI is InChI=1S/C15H23BrS/c1-4-15(5-2,11-16)12-17-10-14-9-7-6-8-13(14)3/h6-9H,4-5,10-12H2,1-3H3. The van der Waals surface area contributed by atoms with E-state index >= 15 is 0 Å². The Balaban J connectivity index is 2.49. The molecule has 0 saturated heterocycles. The molecular formula is C15H23BrS. The Morgan fingerprint density at radius 1 is 1.18 bits per heavy atom. The fourth-order valence-corrected chi connectivity index (χ4v) is 4.67. The molecule has 0 heterocycles. The van der Waals surface area contributed by atoms with E-state index in [1.165, 1.54) is 29.7 Å². The van der Waals surface area contributed by atoms with Gasteiger partial charge in [0.1, 0.15) is 0 Å². The zero-order valence-electron chi connectivity index (χ0n) is 11.1. The Hall–Kier alpha value is 0.0500. The molecule has 0 aromatic heterocycles. The van der Waals surface area contributed by atoms with Crippen molar-refractivity contribution in [3.05, 3.63) is 35.4 Å². The van der Waals surface area contributed by atoms with Gasteiger partial charge in [-0.1, -0.05) is 54.0 Å². The fourth-order valence-electron chi connectivity index (χ4n) is 1.83. The molecule has 0 saturated carbocycles. The molecule has 0 atom stereocenters. The van der Waals surface area contributed by atoms with Gasteiger partial charge < -0.3 is 0 Å². The largest absolute Gasteiger partial charge is 0.157 e. The van der Waals surface area contributed by atoms with Crippen molar-refractivity contribution in [2.45, 2.75) is 39.4 Å². The van der Waals surface area contributed by atoms with Crippen LogP contribution in [0.3, 0.4) is 0 Å². The molecule has 0 radical (unpaired) electrons. The molecule has 2 heteroatoms. The monoisotopic (exact) mass is 314 g/mol. The number of aryl methyl sites for hydroxylation is 1. The smallest absolute Gasteiger partial charge is 0.0187 e. The molecule has 0 aliphatic rings. The second-order valence-electron chi connectivity index (χ2n) is 4.76. The second-order valence-corrected chi connectivity index (χ2v) is 6.31. The van der Waals surface area contributed by atoms with E-state index in [-0.39, 0.29) is 0 Å². The maximum atomic E-state index is 3.68. The number of hydrogen-bond donors (Lipinski definition) is 0. The maximum absolute atomic E-state index is 3.68. The molecule has 1 aromatic rings. The van der Waals surface area contributed by atoms with Crippen molar-refractivity contribution in [2.24, 2.45) is 5.41 Å². The summed E-state index contributed by atoms with van der Waals surface area (Å²) in [5.74, 6) is 2.39. The van der Waals surface area contributed by atoms with Crippen LogP contribution in [0.2, 0.25) is 0 Å². The lowest BCUT2D eigenvalue weighted by molar-refractivity contribution is 0.359. The molecule has 96 valence electrons. The summed E-state index contributed by atoms with van der Waals surface area (Å²) in [6.45, 7) is 6.81. The van der Waals surface area contributed by atoms with Gasteiger partial charge in [0.05, 0.1) is 0 Å². The Bertz CT molecular complexity index is 323. The molecule has 0 bridgehead atoms. The van der Waals surface area contributed by atoms with E-state index in [4.69, 9.17) is 0 Å². The van der Waals surface area contributed by atoms with Gasteiger partial charge in [-0.3, -0.25) is 0 Å². The third kappa shape index (κ3) is 4.33. The summed E-state index contributed by atoms with van der Waals surface area (Å²) in [5.41, 5.74) is 3.37. The summed E-state index contributed by atoms with van der Waals surface area (Å²) in [4.78, 5) is 0. The molecule has 0 unspecified atom stereocenters. The molecule has 0 spiro atoms. The van der Waals surface area contributed by atoms with E-state index in [0.717, 1.165) is 11.1 Å². The summed E-state index contributed by atoms with van der Waals surface area (Å²) in [6.07, 6.45) is 2.52. The van der Waals surface area contributed by atoms with Crippen molar-refractivity contribution in [1.82, 2.24) is 0 Å². The zero-order valence-corrected chi connectivity index (χ0v) is 13.5. The quantitative estimate of drug-likeness (QED) is 0.605. The number of benzene rings is 1. The highest BCUT2D eigenvalue weighted by atomic mass is 79.9. The van der Waals surface area contributed by atoms with Crippen molar-refractivity contribution < 1.29 is 0 Å². The van der Waals surface area contributed by atoms with Crippen LogP contribution < -0.4 is 0 Å². The molecule has 0 fully saturated rings. The van der Waals surface area contributed by atoms with Gasteiger partial charge in [0, 0.05) is 16.8 Å². The first-order chi connectivity index (χ1) is 8.17. The predicted molar refractivity (Wildman–Crippen MR) is 84.2 cm³/mol. The Morgan fingerprint density at radius 2 is 1.82 bits per heavy atom. The first kappa shape index (κ1) is 15.1. The number of halogens is 1. The van der Waals surface area contributed by atoms with Gasteiger partial charge in [-0.15, -0.1) is 0 Å². The van der Waals surface area contributed by atoms with Crippen LogP contribution in [0.1, 0.15) is 37.8 Å². The summed E-state index contributed by atoms with van der Waals surface area (Å²) in [5, 5.41) is 1.12. The molecule has 1 aromatic carbocycles. The summed E-state index contributed by atoms with van der Waals surface area (Å²) < 4.78 is 0. The van der Waals surface area contributed by atoms with Gasteiger partial charge in [-0.2, -0.15) is 11.8 Å². The first-order valence-corrected chi connectivity index (χ1v) is 8.63. The number of hydrogen-bond acceptors (Lipinski definition) is 1. The van der Waals surface area contributed by atoms with E-state index in [0.29, 0.717) is 5.41 Å². The van der Waals surface area contributed by atoms with Crippen LogP contribution in [0, 0.1) is 12.3 Å². The highest BCUT2D eigenvalue weighted by Crippen LogP contribution is 2.34. The van der Waals surface area contributed by atoms with Gasteiger partial charge in [-0.25, -0.2) is 0 Å². The van der Waals surface area contributed by atoms with Crippen molar-refractivity contribution in [3.8, 4) is 0 Å². The predicted octanol–water partition coefficient (Wildman–Crippen LogP) is 5.43. The number of alkyl halides is 1. The van der Waals surface area contributed by atoms with E-state index in [1.54, 1.807) is 0 Å². The fraction of sp³-hybridized carbons (Fsp3) is 0.600. The van der Waals surface area contributed by atoms with E-state index < -0.39 is 0 Å². The Labute approximate surface area is 119 Å². The first-order valence-electron chi connectivity index (χ1n) is 6.35. The van der Waals surface area contributed by atoms with Gasteiger partial charge in [0.2, 0.25) is 0 Å². The summed E-state index contributed by atoms with van der Waals surface area (Å²) >= 11 is 5.75. The summed E-state index contributed by atoms with van der Waals surface area (Å²) in [6, 6.07) is 8.70. The minimum absolute atomic E-state index is 0.480. The molecular weight excluding hydrogens is 292 g/mol. The molecule has 0 nitrogen and oxygen atoms in total. The number of rotatable bonds is 7. The number of thioether (sulfide) groups is 1. The second kappa shape index (κ2) is 7.48. The lowest BCUT2D eigenvalue weighted by Gasteiger charge is -2.29. The minimum atomic E-state index is 0.480. The van der Waals surface area contributed by atoms with Crippen molar-refractivity contribution in [2.75, 3.05) is 11.1 Å². The zero-order chi connectivity index (χ0) is 12.7. The highest BCUT2D eigenvalue weighted by molar-refractivity contribution is 9.09. The van der Waals surface area contributed by atoms with Crippen molar-refractivity contribution in [3.63, 3.8) is 0 Å². The van der Waals surface area contributed by atoms with Crippen molar-refractivity contribution in [1.29, 1.82) is 0 Å². The molecule has 1 rings (SSSR count). The maximum Gasteiger partial charge on any atom is 0.0187 e. The molecule has 17 heavy (non-hydrogen) atoms. The third-order valence-electron chi connectivity index (χ3n) is 3.71. The van der Waals surface area contributed by atoms with E-state index in [9.17, 15) is 0 Å². The Morgan fingerprint density at radius 3 is 2.35 bits per heavy atom. The molecule has 0 N–H and O–H groups in total. The minimum Gasteiger partial charge on any atom is -0.157 e. The Kier molecular flexibility index (Phi) is 6.65. The van der Waals surface area contributed by atoms with Gasteiger partial charge in [-0.05, 0) is 36.3 Å². The van der Waals surface area contributed by atoms with Crippen molar-refractivity contribution >= 4 is 27.7 Å². The topological polar surface area (TPSA) is 0 Å². The van der Waals surface area contributed by atoms with Crippen LogP contribution in [0.15, 0.2) is 24.3 Å². The van der Waals surface area contributed by atoms with E-state index in [1.807, 2.05) is 0 Å². The normalized spacial score (nSPS) is 11.8. The van der Waals surface area contributed by atoms with Crippen LogP contribution in [-0.2, 0) is 5.75 Å². The van der Waals surface area contributed by atoms with Gasteiger partial charge >= 0.3 is 0 Å². The summed E-state index contributed by atoms with van der Waals surface area (Å²) in [7, 11) is 0. The van der Waals surface area contributed by atoms with E-state index in [2.05, 4.69) is 72.7 Å². The average Bonchev–Trinajstić information content (AvgIpc) is 2.37. The average molecular weight is 315 g/mol. The molecule has 0 aliphatic carbocycles. The van der Waals surface area contributed by atoms with Crippen LogP contribution in [-0.4, -0.2) is 11.1 Å². The van der Waals surface area contributed by atoms with Crippen LogP contribution >= 0.6 is 27.7 Å². The van der Waals surface area contributed by atoms with Gasteiger partial charge in [0.25, 0.3) is 0 Å². The molecule has 0 aliphatic heterocycles. The highest BCUT2D eigenvalue weighted by Gasteiger charge is 2.24. The third-order valence-corrected chi connectivity index (χ3v) is 6.23. The van der Waals surface area contributed by atoms with Crippen LogP contribution in [0.25, 0.3) is 0 Å². The van der Waals surface area contributed by atoms with Crippen LogP contribution in [0.5, 0.6) is 0 Å². The van der Waals surface area contributed by atoms with Gasteiger partial charge in [0.15, 0.2) is 0 Å². The van der Waals surface area contributed by atoms with Crippen LogP contribution in [0.4, 0.5) is 0 Å². The lowest BCUT2D eigenvalue weighted by Crippen LogP contribution is -2.23. The molecule has 0 amide bonds.